The highest BCUT2D eigenvalue weighted by atomic mass is 32.1. The number of pyridine rings is 1. The van der Waals surface area contributed by atoms with Crippen molar-refractivity contribution in [1.29, 1.82) is 0 Å². The van der Waals surface area contributed by atoms with Crippen LogP contribution in [0.15, 0.2) is 73.0 Å². The number of halogens is 1. The highest BCUT2D eigenvalue weighted by molar-refractivity contribution is 7.17. The summed E-state index contributed by atoms with van der Waals surface area (Å²) in [4.78, 5) is 18.2. The van der Waals surface area contributed by atoms with Gasteiger partial charge in [-0.05, 0) is 29.3 Å². The van der Waals surface area contributed by atoms with E-state index in [0.717, 1.165) is 38.5 Å². The third kappa shape index (κ3) is 3.45. The molecule has 142 valence electrons. The quantitative estimate of drug-likeness (QED) is 0.462. The molecule has 0 radical (unpaired) electrons. The molecule has 4 aromatic heterocycles. The average Bonchev–Trinajstić information content (AvgIpc) is 3.44. The van der Waals surface area contributed by atoms with E-state index in [0.29, 0.717) is 6.54 Å². The van der Waals surface area contributed by atoms with Crippen LogP contribution < -0.4 is 5.32 Å². The Morgan fingerprint density at radius 3 is 2.69 bits per heavy atom. The van der Waals surface area contributed by atoms with Gasteiger partial charge in [-0.3, -0.25) is 4.57 Å². The van der Waals surface area contributed by atoms with Gasteiger partial charge in [-0.1, -0.05) is 18.2 Å². The molecule has 4 heterocycles. The third-order valence-electron chi connectivity index (χ3n) is 4.56. The molecule has 0 aliphatic rings. The fourth-order valence-electron chi connectivity index (χ4n) is 3.11. The number of hydrogen-bond acceptors (Lipinski definition) is 6. The zero-order chi connectivity index (χ0) is 19.6. The van der Waals surface area contributed by atoms with E-state index in [1.165, 1.54) is 12.1 Å². The molecule has 0 fully saturated rings. The van der Waals surface area contributed by atoms with Crippen LogP contribution in [0.2, 0.25) is 0 Å². The summed E-state index contributed by atoms with van der Waals surface area (Å²) in [5, 5.41) is 6.35. The van der Waals surface area contributed by atoms with Gasteiger partial charge in [0.1, 0.15) is 34.9 Å². The monoisotopic (exact) mass is 402 g/mol. The molecule has 0 saturated heterocycles. The minimum Gasteiger partial charge on any atom is -0.365 e. The summed E-state index contributed by atoms with van der Waals surface area (Å²) >= 11 is 1.54. The number of hydrogen-bond donors (Lipinski definition) is 1. The smallest absolute Gasteiger partial charge is 0.139 e. The Kier molecular flexibility index (Phi) is 4.45. The maximum atomic E-state index is 13.3. The number of anilines is 1. The fraction of sp³-hybridized carbons (Fsp3) is 0.0476. The van der Waals surface area contributed by atoms with Crippen LogP contribution >= 0.6 is 11.3 Å². The molecule has 0 aliphatic carbocycles. The summed E-state index contributed by atoms with van der Waals surface area (Å²) in [6.07, 6.45) is 8.67. The fourth-order valence-corrected chi connectivity index (χ4v) is 4.02. The second kappa shape index (κ2) is 7.40. The normalized spacial score (nSPS) is 11.1. The first-order valence-electron chi connectivity index (χ1n) is 8.93. The van der Waals surface area contributed by atoms with Gasteiger partial charge < -0.3 is 5.32 Å². The number of thiophene rings is 1. The predicted octanol–water partition coefficient (Wildman–Crippen LogP) is 4.69. The molecule has 6 nitrogen and oxygen atoms in total. The number of fused-ring (bicyclic) bond motifs is 1. The first kappa shape index (κ1) is 17.4. The van der Waals surface area contributed by atoms with E-state index in [1.54, 1.807) is 42.3 Å². The van der Waals surface area contributed by atoms with Crippen LogP contribution in [0.3, 0.4) is 0 Å². The molecule has 5 aromatic rings. The van der Waals surface area contributed by atoms with Crippen molar-refractivity contribution in [1.82, 2.24) is 24.5 Å². The zero-order valence-electron chi connectivity index (χ0n) is 15.2. The third-order valence-corrected chi connectivity index (χ3v) is 5.45. The summed E-state index contributed by atoms with van der Waals surface area (Å²) < 4.78 is 15.2. The van der Waals surface area contributed by atoms with Crippen LogP contribution in [0.1, 0.15) is 5.56 Å². The van der Waals surface area contributed by atoms with E-state index in [2.05, 4.69) is 25.3 Å². The Balaban J connectivity index is 1.42. The maximum Gasteiger partial charge on any atom is 0.139 e. The molecule has 0 bridgehead atoms. The zero-order valence-corrected chi connectivity index (χ0v) is 16.0. The van der Waals surface area contributed by atoms with E-state index in [1.807, 2.05) is 34.5 Å². The number of nitrogens with zero attached hydrogens (tertiary/aromatic N) is 5. The van der Waals surface area contributed by atoms with Crippen LogP contribution in [-0.2, 0) is 6.54 Å². The first-order valence-corrected chi connectivity index (χ1v) is 9.81. The van der Waals surface area contributed by atoms with Gasteiger partial charge in [-0.2, -0.15) is 0 Å². The van der Waals surface area contributed by atoms with Gasteiger partial charge in [0.25, 0.3) is 0 Å². The number of imidazole rings is 1. The van der Waals surface area contributed by atoms with Crippen molar-refractivity contribution in [2.75, 3.05) is 5.32 Å². The van der Waals surface area contributed by atoms with E-state index in [9.17, 15) is 4.39 Å². The van der Waals surface area contributed by atoms with Gasteiger partial charge in [-0.25, -0.2) is 24.3 Å². The lowest BCUT2D eigenvalue weighted by atomic mass is 10.1. The summed E-state index contributed by atoms with van der Waals surface area (Å²) in [6.45, 7) is 0.571. The molecule has 0 spiro atoms. The molecule has 1 aromatic carbocycles. The first-order chi connectivity index (χ1) is 14.3. The van der Waals surface area contributed by atoms with Crippen LogP contribution in [0.5, 0.6) is 0 Å². The molecule has 0 amide bonds. The van der Waals surface area contributed by atoms with E-state index in [4.69, 9.17) is 0 Å². The average molecular weight is 402 g/mol. The minimum atomic E-state index is -0.255. The number of nitrogens with one attached hydrogen (secondary N) is 1. The van der Waals surface area contributed by atoms with Gasteiger partial charge in [0.2, 0.25) is 0 Å². The van der Waals surface area contributed by atoms with Crippen molar-refractivity contribution in [3.05, 3.63) is 84.4 Å². The lowest BCUT2D eigenvalue weighted by Crippen LogP contribution is -2.03. The van der Waals surface area contributed by atoms with Gasteiger partial charge in [0, 0.05) is 36.1 Å². The van der Waals surface area contributed by atoms with E-state index < -0.39 is 0 Å². The lowest BCUT2D eigenvalue weighted by Gasteiger charge is -2.09. The number of aromatic nitrogens is 5. The Morgan fingerprint density at radius 1 is 1.03 bits per heavy atom. The number of benzene rings is 1. The van der Waals surface area contributed by atoms with Crippen molar-refractivity contribution in [2.45, 2.75) is 6.54 Å². The van der Waals surface area contributed by atoms with Gasteiger partial charge in [-0.15, -0.1) is 11.3 Å². The lowest BCUT2D eigenvalue weighted by molar-refractivity contribution is 0.628. The summed E-state index contributed by atoms with van der Waals surface area (Å²) in [7, 11) is 0. The van der Waals surface area contributed by atoms with Crippen LogP contribution in [-0.4, -0.2) is 24.5 Å². The molecular weight excluding hydrogens is 387 g/mol. The van der Waals surface area contributed by atoms with Gasteiger partial charge in [0.15, 0.2) is 0 Å². The standard InChI is InChI=1S/C21H15FN6S/c22-16-4-2-15(3-5-16)17-11-29-21-19(17)20(26-12-27-21)25-10-14-1-6-18(24-9-14)28-8-7-23-13-28/h1-9,11-13H,10H2,(H,25,26,27). The summed E-state index contributed by atoms with van der Waals surface area (Å²) in [6, 6.07) is 10.4. The molecule has 5 rings (SSSR count). The highest BCUT2D eigenvalue weighted by Gasteiger charge is 2.13. The molecule has 8 heteroatoms. The van der Waals surface area contributed by atoms with Crippen LogP contribution in [0, 0.1) is 5.82 Å². The Bertz CT molecular complexity index is 1250. The Labute approximate surface area is 169 Å². The van der Waals surface area contributed by atoms with Crippen LogP contribution in [0.4, 0.5) is 10.2 Å². The second-order valence-electron chi connectivity index (χ2n) is 6.41. The molecule has 0 aliphatic heterocycles. The summed E-state index contributed by atoms with van der Waals surface area (Å²) in [5.41, 5.74) is 2.95. The van der Waals surface area contributed by atoms with Gasteiger partial charge in [0.05, 0.1) is 5.39 Å². The molecule has 0 atom stereocenters. The minimum absolute atomic E-state index is 0.255. The van der Waals surface area contributed by atoms with Crippen molar-refractivity contribution >= 4 is 27.4 Å². The molecule has 29 heavy (non-hydrogen) atoms. The van der Waals surface area contributed by atoms with Crippen molar-refractivity contribution in [3.63, 3.8) is 0 Å². The molecule has 0 saturated carbocycles. The maximum absolute atomic E-state index is 13.3. The molecule has 1 N–H and O–H groups in total. The van der Waals surface area contributed by atoms with Gasteiger partial charge >= 0.3 is 0 Å². The Hall–Kier alpha value is -3.65. The van der Waals surface area contributed by atoms with Crippen LogP contribution in [0.25, 0.3) is 27.2 Å². The largest absolute Gasteiger partial charge is 0.365 e. The van der Waals surface area contributed by atoms with Crippen molar-refractivity contribution in [2.24, 2.45) is 0 Å². The van der Waals surface area contributed by atoms with E-state index >= 15 is 0 Å². The van der Waals surface area contributed by atoms with Crippen molar-refractivity contribution in [3.8, 4) is 16.9 Å². The number of rotatable bonds is 5. The molecular formula is C21H15FN6S. The summed E-state index contributed by atoms with van der Waals surface area (Å²) in [5.74, 6) is 1.30. The molecule has 0 unspecified atom stereocenters. The Morgan fingerprint density at radius 2 is 1.93 bits per heavy atom. The highest BCUT2D eigenvalue weighted by Crippen LogP contribution is 2.36. The predicted molar refractivity (Wildman–Crippen MR) is 111 cm³/mol. The second-order valence-corrected chi connectivity index (χ2v) is 7.26. The topological polar surface area (TPSA) is 68.5 Å². The van der Waals surface area contributed by atoms with E-state index in [-0.39, 0.29) is 5.82 Å². The SMILES string of the molecule is Fc1ccc(-c2csc3ncnc(NCc4ccc(-n5ccnc5)nc4)c23)cc1. The van der Waals surface area contributed by atoms with Crippen molar-refractivity contribution < 1.29 is 4.39 Å².